The molecule has 186 valence electrons. The summed E-state index contributed by atoms with van der Waals surface area (Å²) in [5.74, 6) is 2.09. The molecule has 0 bridgehead atoms. The Morgan fingerprint density at radius 3 is 2.67 bits per heavy atom. The Labute approximate surface area is 212 Å². The number of aliphatic hydroxyl groups excluding tert-OH is 1. The number of aromatic nitrogens is 2. The maximum Gasteiger partial charge on any atom is 0.230 e. The van der Waals surface area contributed by atoms with Crippen molar-refractivity contribution in [3.8, 4) is 28.2 Å². The van der Waals surface area contributed by atoms with Crippen molar-refractivity contribution in [2.75, 3.05) is 20.2 Å². The van der Waals surface area contributed by atoms with Crippen LogP contribution in [-0.2, 0) is 6.42 Å². The number of aliphatic hydroxyl groups is 1. The second kappa shape index (κ2) is 11.0. The molecule has 0 radical (unpaired) electrons. The summed E-state index contributed by atoms with van der Waals surface area (Å²) in [7, 11) is 1.68. The lowest BCUT2D eigenvalue weighted by atomic mass is 9.96. The minimum atomic E-state index is 0.467. The fraction of sp³-hybridized carbons (Fsp3) is 0.333. The van der Waals surface area contributed by atoms with Crippen LogP contribution in [0.15, 0.2) is 77.2 Å². The molecule has 5 rings (SSSR count). The van der Waals surface area contributed by atoms with E-state index in [1.807, 2.05) is 37.3 Å². The number of furan rings is 1. The van der Waals surface area contributed by atoms with Crippen molar-refractivity contribution >= 4 is 11.1 Å². The number of allylic oxidation sites excluding steroid dienone is 1. The molecule has 1 saturated heterocycles. The first-order valence-corrected chi connectivity index (χ1v) is 12.7. The maximum atomic E-state index is 9.90. The lowest BCUT2D eigenvalue weighted by Crippen LogP contribution is -2.31. The second-order valence-electron chi connectivity index (χ2n) is 9.30. The Bertz CT molecular complexity index is 1330. The first-order valence-electron chi connectivity index (χ1n) is 12.7. The first kappa shape index (κ1) is 24.1. The molecule has 4 aromatic rings. The van der Waals surface area contributed by atoms with Gasteiger partial charge in [0.2, 0.25) is 5.71 Å². The van der Waals surface area contributed by atoms with Gasteiger partial charge in [0.25, 0.3) is 0 Å². The van der Waals surface area contributed by atoms with Gasteiger partial charge in [0.1, 0.15) is 17.8 Å². The quantitative estimate of drug-likeness (QED) is 0.264. The fourth-order valence-corrected chi connectivity index (χ4v) is 5.23. The van der Waals surface area contributed by atoms with E-state index in [1.165, 1.54) is 12.8 Å². The van der Waals surface area contributed by atoms with Gasteiger partial charge >= 0.3 is 0 Å². The molecule has 0 saturated carbocycles. The van der Waals surface area contributed by atoms with Crippen molar-refractivity contribution in [3.05, 3.63) is 78.5 Å². The van der Waals surface area contributed by atoms with Crippen LogP contribution in [0.2, 0.25) is 0 Å². The van der Waals surface area contributed by atoms with Crippen LogP contribution in [0.1, 0.15) is 38.3 Å². The van der Waals surface area contributed by atoms with Crippen molar-refractivity contribution in [1.29, 1.82) is 0 Å². The Morgan fingerprint density at radius 2 is 1.92 bits per heavy atom. The van der Waals surface area contributed by atoms with Crippen LogP contribution in [0.3, 0.4) is 0 Å². The molecule has 3 heterocycles. The Kier molecular flexibility index (Phi) is 7.33. The summed E-state index contributed by atoms with van der Waals surface area (Å²) in [6, 6.07) is 18.8. The molecule has 36 heavy (non-hydrogen) atoms. The third-order valence-electron chi connectivity index (χ3n) is 7.18. The summed E-state index contributed by atoms with van der Waals surface area (Å²) in [4.78, 5) is 11.8. The summed E-state index contributed by atoms with van der Waals surface area (Å²) >= 11 is 0. The Hall–Kier alpha value is -3.64. The molecule has 2 aromatic carbocycles. The molecule has 0 amide bonds. The van der Waals surface area contributed by atoms with Crippen LogP contribution in [0.5, 0.6) is 5.75 Å². The van der Waals surface area contributed by atoms with Gasteiger partial charge in [-0.1, -0.05) is 42.5 Å². The normalized spacial score (nSPS) is 16.6. The number of benzene rings is 2. The molecule has 0 aliphatic carbocycles. The van der Waals surface area contributed by atoms with Crippen LogP contribution < -0.4 is 4.74 Å². The van der Waals surface area contributed by atoms with E-state index in [1.54, 1.807) is 19.5 Å². The van der Waals surface area contributed by atoms with Gasteiger partial charge in [0, 0.05) is 30.1 Å². The number of rotatable bonds is 9. The molecular formula is C30H33N3O3. The highest BCUT2D eigenvalue weighted by Gasteiger charge is 2.26. The van der Waals surface area contributed by atoms with Crippen LogP contribution in [-0.4, -0.2) is 46.2 Å². The predicted molar refractivity (Wildman–Crippen MR) is 143 cm³/mol. The van der Waals surface area contributed by atoms with E-state index in [-0.39, 0.29) is 0 Å². The fourth-order valence-electron chi connectivity index (χ4n) is 5.23. The number of nitrogens with zero attached hydrogens (tertiary/aromatic N) is 3. The summed E-state index contributed by atoms with van der Waals surface area (Å²) in [6.45, 7) is 3.86. The lowest BCUT2D eigenvalue weighted by molar-refractivity contribution is 0.232. The molecular weight excluding hydrogens is 450 g/mol. The van der Waals surface area contributed by atoms with Crippen molar-refractivity contribution < 1.29 is 14.3 Å². The van der Waals surface area contributed by atoms with Crippen molar-refractivity contribution in [3.63, 3.8) is 0 Å². The van der Waals surface area contributed by atoms with Crippen molar-refractivity contribution in [1.82, 2.24) is 14.9 Å². The zero-order valence-electron chi connectivity index (χ0n) is 21.0. The maximum absolute atomic E-state index is 9.90. The van der Waals surface area contributed by atoms with Crippen molar-refractivity contribution in [2.24, 2.45) is 0 Å². The third-order valence-corrected chi connectivity index (χ3v) is 7.18. The van der Waals surface area contributed by atoms with Gasteiger partial charge in [0.05, 0.1) is 23.9 Å². The van der Waals surface area contributed by atoms with Crippen LogP contribution in [0, 0.1) is 0 Å². The minimum Gasteiger partial charge on any atom is -0.513 e. The monoisotopic (exact) mass is 483 g/mol. The average Bonchev–Trinajstić information content (AvgIpc) is 3.55. The van der Waals surface area contributed by atoms with E-state index in [4.69, 9.17) is 14.1 Å². The van der Waals surface area contributed by atoms with E-state index in [9.17, 15) is 5.11 Å². The summed E-state index contributed by atoms with van der Waals surface area (Å²) < 4.78 is 11.8. The van der Waals surface area contributed by atoms with Gasteiger partial charge in [-0.2, -0.15) is 0 Å². The highest BCUT2D eigenvalue weighted by Crippen LogP contribution is 2.42. The second-order valence-corrected chi connectivity index (χ2v) is 9.30. The lowest BCUT2D eigenvalue weighted by Gasteiger charge is -2.24. The molecule has 1 atom stereocenters. The molecule has 1 N–H and O–H groups in total. The summed E-state index contributed by atoms with van der Waals surface area (Å²) in [5.41, 5.74) is 4.72. The Balaban J connectivity index is 1.50. The van der Waals surface area contributed by atoms with Gasteiger partial charge in [-0.15, -0.1) is 0 Å². The van der Waals surface area contributed by atoms with Crippen molar-refractivity contribution in [2.45, 2.75) is 45.1 Å². The number of methoxy groups -OCH3 is 1. The van der Waals surface area contributed by atoms with Crippen LogP contribution in [0.25, 0.3) is 33.6 Å². The van der Waals surface area contributed by atoms with E-state index in [2.05, 4.69) is 34.1 Å². The third kappa shape index (κ3) is 5.00. The SMILES string of the molecule is C/C=C(\O)CCN1CCCC1CCc1ncnc2oc(-c3ccccc3)c(-c3ccc(OC)cc3)c12. The summed E-state index contributed by atoms with van der Waals surface area (Å²) in [6.07, 6.45) is 8.33. The van der Waals surface area contributed by atoms with Gasteiger partial charge in [-0.25, -0.2) is 9.97 Å². The Morgan fingerprint density at radius 1 is 1.11 bits per heavy atom. The highest BCUT2D eigenvalue weighted by molar-refractivity contribution is 6.01. The van der Waals surface area contributed by atoms with Crippen LogP contribution >= 0.6 is 0 Å². The summed E-state index contributed by atoms with van der Waals surface area (Å²) in [5, 5.41) is 10.9. The molecule has 6 nitrogen and oxygen atoms in total. The standard InChI is InChI=1S/C30H33N3O3/c1-3-24(34)17-19-33-18-7-10-23(33)13-16-26-28-27(21-11-14-25(35-2)15-12-21)29(22-8-5-4-6-9-22)36-30(28)32-20-31-26/h3-6,8-9,11-12,14-15,20,23,34H,7,10,13,16-19H2,1-2H3/b24-3-. The zero-order valence-corrected chi connectivity index (χ0v) is 21.0. The molecule has 1 fully saturated rings. The van der Waals surface area contributed by atoms with Gasteiger partial charge in [-0.3, -0.25) is 4.90 Å². The molecule has 2 aromatic heterocycles. The van der Waals surface area contributed by atoms with E-state index in [0.29, 0.717) is 23.9 Å². The smallest absolute Gasteiger partial charge is 0.230 e. The van der Waals surface area contributed by atoms with E-state index >= 15 is 0 Å². The molecule has 1 aliphatic heterocycles. The van der Waals surface area contributed by atoms with Crippen LogP contribution in [0.4, 0.5) is 0 Å². The number of ether oxygens (including phenoxy) is 1. The zero-order chi connectivity index (χ0) is 24.9. The van der Waals surface area contributed by atoms with E-state index in [0.717, 1.165) is 65.2 Å². The predicted octanol–water partition coefficient (Wildman–Crippen LogP) is 6.81. The molecule has 1 aliphatic rings. The number of fused-ring (bicyclic) bond motifs is 1. The van der Waals surface area contributed by atoms with E-state index < -0.39 is 0 Å². The number of hydrogen-bond donors (Lipinski definition) is 1. The highest BCUT2D eigenvalue weighted by atomic mass is 16.5. The van der Waals surface area contributed by atoms with Gasteiger partial charge < -0.3 is 14.3 Å². The van der Waals surface area contributed by atoms with Gasteiger partial charge in [0.15, 0.2) is 0 Å². The number of aryl methyl sites for hydroxylation is 1. The number of likely N-dealkylation sites (tertiary alicyclic amines) is 1. The average molecular weight is 484 g/mol. The largest absolute Gasteiger partial charge is 0.513 e. The molecule has 1 unspecified atom stereocenters. The molecule has 6 heteroatoms. The minimum absolute atomic E-state index is 0.467. The number of hydrogen-bond acceptors (Lipinski definition) is 6. The van der Waals surface area contributed by atoms with Gasteiger partial charge in [-0.05, 0) is 62.9 Å². The topological polar surface area (TPSA) is 71.6 Å². The first-order chi connectivity index (χ1) is 17.7. The molecule has 0 spiro atoms.